The molecule has 0 saturated carbocycles. The molecule has 0 atom stereocenters. The number of amides is 1. The summed E-state index contributed by atoms with van der Waals surface area (Å²) in [5.41, 5.74) is 1.05. The molecule has 1 aliphatic heterocycles. The Morgan fingerprint density at radius 2 is 1.83 bits per heavy atom. The Morgan fingerprint density at radius 3 is 2.63 bits per heavy atom. The van der Waals surface area contributed by atoms with Gasteiger partial charge in [0, 0.05) is 37.0 Å². The van der Waals surface area contributed by atoms with Gasteiger partial charge in [-0.1, -0.05) is 23.7 Å². The summed E-state index contributed by atoms with van der Waals surface area (Å²) in [6, 6.07) is 12.0. The molecular weight excluding hydrogens is 428 g/mol. The molecule has 0 saturated heterocycles. The molecule has 0 spiro atoms. The van der Waals surface area contributed by atoms with Crippen LogP contribution in [0.3, 0.4) is 0 Å². The van der Waals surface area contributed by atoms with E-state index in [2.05, 4.69) is 10.0 Å². The van der Waals surface area contributed by atoms with Gasteiger partial charge in [-0.05, 0) is 42.7 Å². The average Bonchev–Trinajstić information content (AvgIpc) is 2.96. The molecule has 0 bridgehead atoms. The van der Waals surface area contributed by atoms with Crippen LogP contribution in [-0.2, 0) is 21.2 Å². The maximum absolute atomic E-state index is 12.5. The monoisotopic (exact) mass is 452 g/mol. The Hall–Kier alpha value is -2.29. The van der Waals surface area contributed by atoms with Gasteiger partial charge in [-0.15, -0.1) is 0 Å². The first-order valence-electron chi connectivity index (χ1n) is 9.84. The van der Waals surface area contributed by atoms with Crippen molar-refractivity contribution in [2.75, 3.05) is 26.3 Å². The van der Waals surface area contributed by atoms with Gasteiger partial charge in [0.15, 0.2) is 11.5 Å². The zero-order chi connectivity index (χ0) is 21.4. The van der Waals surface area contributed by atoms with Crippen molar-refractivity contribution >= 4 is 27.5 Å². The molecule has 162 valence electrons. The van der Waals surface area contributed by atoms with E-state index in [0.29, 0.717) is 49.1 Å². The van der Waals surface area contributed by atoms with E-state index in [9.17, 15) is 13.2 Å². The first-order chi connectivity index (χ1) is 14.4. The lowest BCUT2D eigenvalue weighted by molar-refractivity contribution is -0.121. The maximum atomic E-state index is 12.5. The first-order valence-corrected chi connectivity index (χ1v) is 11.7. The van der Waals surface area contributed by atoms with Crippen LogP contribution in [0.5, 0.6) is 11.5 Å². The topological polar surface area (TPSA) is 93.7 Å². The highest BCUT2D eigenvalue weighted by Gasteiger charge is 2.18. The van der Waals surface area contributed by atoms with Crippen LogP contribution in [0, 0.1) is 0 Å². The maximum Gasteiger partial charge on any atom is 0.240 e. The summed E-state index contributed by atoms with van der Waals surface area (Å²) in [5, 5.41) is 3.50. The Balaban J connectivity index is 1.40. The van der Waals surface area contributed by atoms with Crippen molar-refractivity contribution in [1.82, 2.24) is 10.0 Å². The summed E-state index contributed by atoms with van der Waals surface area (Å²) in [5.74, 6) is 0.849. The number of carbonyl (C=O) groups excluding carboxylic acids is 1. The third-order valence-corrected chi connectivity index (χ3v) is 6.22. The third-order valence-electron chi connectivity index (χ3n) is 4.53. The van der Waals surface area contributed by atoms with E-state index in [-0.39, 0.29) is 23.8 Å². The van der Waals surface area contributed by atoms with Crippen LogP contribution in [-0.4, -0.2) is 40.6 Å². The van der Waals surface area contributed by atoms with Gasteiger partial charge in [0.1, 0.15) is 0 Å². The first kappa shape index (κ1) is 22.4. The number of halogens is 1. The van der Waals surface area contributed by atoms with Crippen LogP contribution in [0.4, 0.5) is 0 Å². The second-order valence-electron chi connectivity index (χ2n) is 6.89. The number of ether oxygens (including phenoxy) is 2. The quantitative estimate of drug-likeness (QED) is 0.570. The van der Waals surface area contributed by atoms with E-state index in [1.54, 1.807) is 12.1 Å². The minimum absolute atomic E-state index is 0.109. The number of benzene rings is 2. The normalized spacial score (nSPS) is 13.5. The van der Waals surface area contributed by atoms with Gasteiger partial charge in [0.25, 0.3) is 0 Å². The molecule has 2 aromatic carbocycles. The molecule has 1 aliphatic rings. The zero-order valence-electron chi connectivity index (χ0n) is 16.5. The van der Waals surface area contributed by atoms with Gasteiger partial charge in [-0.25, -0.2) is 13.1 Å². The van der Waals surface area contributed by atoms with E-state index < -0.39 is 10.0 Å². The fourth-order valence-corrected chi connectivity index (χ4v) is 4.28. The summed E-state index contributed by atoms with van der Waals surface area (Å²) < 4.78 is 38.6. The van der Waals surface area contributed by atoms with Gasteiger partial charge in [0.2, 0.25) is 15.9 Å². The summed E-state index contributed by atoms with van der Waals surface area (Å²) in [4.78, 5) is 12.1. The standard InChI is InChI=1S/C21H25ClN2O5S/c22-17-5-1-4-16(14-17)9-11-23-21(25)6-2-10-24-30(26,27)18-7-8-19-20(15-18)29-13-3-12-28-19/h1,4-5,7-8,14-15,24H,2-3,6,9-13H2,(H,23,25). The lowest BCUT2D eigenvalue weighted by atomic mass is 10.1. The molecule has 0 aromatic heterocycles. The molecular formula is C21H25ClN2O5S. The van der Waals surface area contributed by atoms with Gasteiger partial charge >= 0.3 is 0 Å². The van der Waals surface area contributed by atoms with Crippen LogP contribution in [0.25, 0.3) is 0 Å². The molecule has 0 radical (unpaired) electrons. The van der Waals surface area contributed by atoms with Crippen LogP contribution >= 0.6 is 11.6 Å². The molecule has 2 N–H and O–H groups in total. The molecule has 2 aromatic rings. The Bertz CT molecular complexity index is 981. The lowest BCUT2D eigenvalue weighted by Crippen LogP contribution is -2.28. The fraction of sp³-hybridized carbons (Fsp3) is 0.381. The molecule has 7 nitrogen and oxygen atoms in total. The van der Waals surface area contributed by atoms with E-state index in [0.717, 1.165) is 12.0 Å². The molecule has 9 heteroatoms. The summed E-state index contributed by atoms with van der Waals surface area (Å²) in [6.45, 7) is 1.69. The highest BCUT2D eigenvalue weighted by Crippen LogP contribution is 2.31. The predicted octanol–water partition coefficient (Wildman–Crippen LogP) is 2.92. The summed E-state index contributed by atoms with van der Waals surface area (Å²) in [7, 11) is -3.69. The number of sulfonamides is 1. The highest BCUT2D eigenvalue weighted by molar-refractivity contribution is 7.89. The molecule has 30 heavy (non-hydrogen) atoms. The minimum Gasteiger partial charge on any atom is -0.490 e. The summed E-state index contributed by atoms with van der Waals surface area (Å²) >= 11 is 5.94. The largest absolute Gasteiger partial charge is 0.490 e. The molecule has 0 aliphatic carbocycles. The molecule has 3 rings (SSSR count). The van der Waals surface area contributed by atoms with E-state index >= 15 is 0 Å². The molecule has 0 unspecified atom stereocenters. The predicted molar refractivity (Wildman–Crippen MR) is 115 cm³/mol. The number of rotatable bonds is 9. The fourth-order valence-electron chi connectivity index (χ4n) is 2.98. The third kappa shape index (κ3) is 6.62. The van der Waals surface area contributed by atoms with Crippen LogP contribution in [0.1, 0.15) is 24.8 Å². The SMILES string of the molecule is O=C(CCCNS(=O)(=O)c1ccc2c(c1)OCCCO2)NCCc1cccc(Cl)c1. The van der Waals surface area contributed by atoms with Gasteiger partial charge in [0.05, 0.1) is 18.1 Å². The molecule has 0 fully saturated rings. The van der Waals surface area contributed by atoms with Crippen molar-refractivity contribution in [2.24, 2.45) is 0 Å². The average molecular weight is 453 g/mol. The molecule has 1 amide bonds. The second-order valence-corrected chi connectivity index (χ2v) is 9.09. The summed E-state index contributed by atoms with van der Waals surface area (Å²) in [6.07, 6.45) is 2.06. The van der Waals surface area contributed by atoms with Crippen molar-refractivity contribution < 1.29 is 22.7 Å². The van der Waals surface area contributed by atoms with Gasteiger partial charge < -0.3 is 14.8 Å². The smallest absolute Gasteiger partial charge is 0.240 e. The number of hydrogen-bond donors (Lipinski definition) is 2. The Kier molecular flexibility index (Phi) is 7.95. The van der Waals surface area contributed by atoms with Crippen molar-refractivity contribution in [2.45, 2.75) is 30.6 Å². The van der Waals surface area contributed by atoms with Crippen molar-refractivity contribution in [3.63, 3.8) is 0 Å². The van der Waals surface area contributed by atoms with Crippen molar-refractivity contribution in [3.05, 3.63) is 53.1 Å². The van der Waals surface area contributed by atoms with E-state index in [1.165, 1.54) is 12.1 Å². The lowest BCUT2D eigenvalue weighted by Gasteiger charge is -2.11. The van der Waals surface area contributed by atoms with Crippen LogP contribution in [0.2, 0.25) is 5.02 Å². The number of nitrogens with one attached hydrogen (secondary N) is 2. The Labute approximate surface area is 181 Å². The number of fused-ring (bicyclic) bond motifs is 1. The van der Waals surface area contributed by atoms with Crippen molar-refractivity contribution in [1.29, 1.82) is 0 Å². The minimum atomic E-state index is -3.69. The highest BCUT2D eigenvalue weighted by atomic mass is 35.5. The zero-order valence-corrected chi connectivity index (χ0v) is 18.1. The number of carbonyl (C=O) groups is 1. The van der Waals surface area contributed by atoms with Gasteiger partial charge in [-0.3, -0.25) is 4.79 Å². The van der Waals surface area contributed by atoms with E-state index in [4.69, 9.17) is 21.1 Å². The van der Waals surface area contributed by atoms with E-state index in [1.807, 2.05) is 18.2 Å². The Morgan fingerprint density at radius 1 is 1.03 bits per heavy atom. The van der Waals surface area contributed by atoms with Gasteiger partial charge in [-0.2, -0.15) is 0 Å². The van der Waals surface area contributed by atoms with Crippen LogP contribution in [0.15, 0.2) is 47.4 Å². The molecule has 1 heterocycles. The second kappa shape index (κ2) is 10.7. The van der Waals surface area contributed by atoms with Crippen LogP contribution < -0.4 is 19.5 Å². The van der Waals surface area contributed by atoms with Crippen molar-refractivity contribution in [3.8, 4) is 11.5 Å². The number of hydrogen-bond acceptors (Lipinski definition) is 5.